The molecule has 148 valence electrons. The van der Waals surface area contributed by atoms with Crippen LogP contribution in [0.3, 0.4) is 0 Å². The maximum absolute atomic E-state index is 12.6. The van der Waals surface area contributed by atoms with Crippen LogP contribution in [0, 0.1) is 0 Å². The summed E-state index contributed by atoms with van der Waals surface area (Å²) in [5, 5.41) is 2.87. The quantitative estimate of drug-likeness (QED) is 0.784. The lowest BCUT2D eigenvalue weighted by Crippen LogP contribution is -2.34. The molecule has 0 saturated heterocycles. The Labute approximate surface area is 174 Å². The number of ether oxygens (including phenoxy) is 2. The normalized spacial score (nSPS) is 18.4. The molecule has 6 nitrogen and oxygen atoms in total. The summed E-state index contributed by atoms with van der Waals surface area (Å²) < 4.78 is 10.6. The largest absolute Gasteiger partial charge is 0.497 e. The molecule has 2 aromatic rings. The first-order valence-electron chi connectivity index (χ1n) is 9.26. The van der Waals surface area contributed by atoms with Crippen LogP contribution in [0.2, 0.25) is 0 Å². The third kappa shape index (κ3) is 3.86. The highest BCUT2D eigenvalue weighted by molar-refractivity contribution is 7.80. The van der Waals surface area contributed by atoms with E-state index in [1.165, 1.54) is 4.90 Å². The van der Waals surface area contributed by atoms with Gasteiger partial charge in [0.15, 0.2) is 0 Å². The van der Waals surface area contributed by atoms with Gasteiger partial charge in [0.2, 0.25) is 5.91 Å². The molecular formula is C22H20N2O4S. The van der Waals surface area contributed by atoms with E-state index in [0.29, 0.717) is 10.7 Å². The zero-order chi connectivity index (χ0) is 20.4. The Balaban J connectivity index is 1.52. The number of methoxy groups -OCH3 is 1. The minimum atomic E-state index is -0.518. The molecule has 0 aromatic heterocycles. The van der Waals surface area contributed by atoms with E-state index >= 15 is 0 Å². The Kier molecular flexibility index (Phi) is 5.31. The van der Waals surface area contributed by atoms with Crippen molar-refractivity contribution in [2.24, 2.45) is 0 Å². The molecule has 29 heavy (non-hydrogen) atoms. The van der Waals surface area contributed by atoms with E-state index in [4.69, 9.17) is 21.7 Å². The van der Waals surface area contributed by atoms with Crippen molar-refractivity contribution in [3.05, 3.63) is 77.0 Å². The lowest BCUT2D eigenvalue weighted by atomic mass is 9.85. The topological polar surface area (TPSA) is 67.9 Å². The molecule has 0 bridgehead atoms. The van der Waals surface area contributed by atoms with Gasteiger partial charge in [0.1, 0.15) is 17.3 Å². The van der Waals surface area contributed by atoms with Crippen LogP contribution in [0.4, 0.5) is 4.79 Å². The van der Waals surface area contributed by atoms with Gasteiger partial charge in [0.05, 0.1) is 13.7 Å². The maximum Gasteiger partial charge on any atom is 0.415 e. The van der Waals surface area contributed by atoms with E-state index < -0.39 is 6.09 Å². The summed E-state index contributed by atoms with van der Waals surface area (Å²) >= 11 is 5.60. The van der Waals surface area contributed by atoms with Crippen molar-refractivity contribution in [2.45, 2.75) is 18.9 Å². The van der Waals surface area contributed by atoms with Crippen LogP contribution in [-0.2, 0) is 16.1 Å². The van der Waals surface area contributed by atoms with Crippen molar-refractivity contribution in [1.82, 2.24) is 10.2 Å². The fraction of sp³-hybridized carbons (Fsp3) is 0.227. The number of carbonyl (C=O) groups excluding carboxylic acids is 2. The van der Waals surface area contributed by atoms with Gasteiger partial charge >= 0.3 is 6.09 Å². The Morgan fingerprint density at radius 2 is 1.90 bits per heavy atom. The monoisotopic (exact) mass is 408 g/mol. The molecule has 0 spiro atoms. The highest BCUT2D eigenvalue weighted by atomic mass is 32.1. The van der Waals surface area contributed by atoms with Crippen LogP contribution < -0.4 is 10.1 Å². The summed E-state index contributed by atoms with van der Waals surface area (Å²) in [5.74, 6) is 0.444. The second kappa shape index (κ2) is 8.05. The van der Waals surface area contributed by atoms with Crippen LogP contribution in [0.25, 0.3) is 0 Å². The molecule has 2 heterocycles. The Bertz CT molecular complexity index is 986. The van der Waals surface area contributed by atoms with Gasteiger partial charge in [-0.05, 0) is 23.3 Å². The van der Waals surface area contributed by atoms with Crippen LogP contribution in [0.1, 0.15) is 23.5 Å². The van der Waals surface area contributed by atoms with E-state index in [-0.39, 0.29) is 31.4 Å². The van der Waals surface area contributed by atoms with Gasteiger partial charge in [0, 0.05) is 23.6 Å². The molecule has 2 aliphatic heterocycles. The van der Waals surface area contributed by atoms with Gasteiger partial charge in [-0.2, -0.15) is 0 Å². The van der Waals surface area contributed by atoms with Crippen LogP contribution >= 0.6 is 12.2 Å². The Morgan fingerprint density at radius 1 is 1.17 bits per heavy atom. The van der Waals surface area contributed by atoms with Crippen molar-refractivity contribution in [2.75, 3.05) is 13.7 Å². The zero-order valence-corrected chi connectivity index (χ0v) is 16.7. The smallest absolute Gasteiger partial charge is 0.415 e. The summed E-state index contributed by atoms with van der Waals surface area (Å²) in [7, 11) is 1.61. The highest BCUT2D eigenvalue weighted by Crippen LogP contribution is 2.38. The number of hydrogen-bond acceptors (Lipinski definition) is 5. The van der Waals surface area contributed by atoms with E-state index in [1.54, 1.807) is 7.11 Å². The number of thiocarbonyl (C=S) groups is 1. The fourth-order valence-electron chi connectivity index (χ4n) is 3.63. The van der Waals surface area contributed by atoms with Crippen molar-refractivity contribution >= 4 is 29.2 Å². The van der Waals surface area contributed by atoms with Crippen molar-refractivity contribution in [1.29, 1.82) is 0 Å². The standard InChI is InChI=1S/C22H20N2O4S/c1-27-16-9-7-15(8-10-16)17-11-19(25)23-18-12-24(21(29)20(17)18)22(26)28-13-14-5-3-2-4-6-14/h2-10,17H,11-13H2,1H3,(H,23,25). The molecule has 7 heteroatoms. The summed E-state index contributed by atoms with van der Waals surface area (Å²) in [6.07, 6.45) is -0.242. The molecule has 0 radical (unpaired) electrons. The molecule has 2 aliphatic rings. The second-order valence-electron chi connectivity index (χ2n) is 6.90. The maximum atomic E-state index is 12.6. The average molecular weight is 408 g/mol. The van der Waals surface area contributed by atoms with Crippen LogP contribution in [0.5, 0.6) is 5.75 Å². The lowest BCUT2D eigenvalue weighted by Gasteiger charge is -2.25. The molecular weight excluding hydrogens is 388 g/mol. The van der Waals surface area contributed by atoms with Gasteiger partial charge < -0.3 is 14.8 Å². The molecule has 0 saturated carbocycles. The van der Waals surface area contributed by atoms with Gasteiger partial charge in [0.25, 0.3) is 0 Å². The third-order valence-corrected chi connectivity index (χ3v) is 5.53. The minimum absolute atomic E-state index is 0.0909. The van der Waals surface area contributed by atoms with Crippen molar-refractivity contribution in [3.63, 3.8) is 0 Å². The van der Waals surface area contributed by atoms with E-state index in [2.05, 4.69) is 5.32 Å². The third-order valence-electron chi connectivity index (χ3n) is 5.09. The Hall–Kier alpha value is -3.19. The SMILES string of the molecule is COc1ccc(C2CC(=O)NC3=C2C(=S)N(C(=O)OCc2ccccc2)C3)cc1. The van der Waals surface area contributed by atoms with E-state index in [0.717, 1.165) is 22.4 Å². The molecule has 0 fully saturated rings. The number of nitrogens with zero attached hydrogens (tertiary/aromatic N) is 1. The van der Waals surface area contributed by atoms with Gasteiger partial charge in [-0.1, -0.05) is 54.7 Å². The molecule has 0 aliphatic carbocycles. The summed E-state index contributed by atoms with van der Waals surface area (Å²) in [6, 6.07) is 17.0. The second-order valence-corrected chi connectivity index (χ2v) is 7.29. The average Bonchev–Trinajstić information content (AvgIpc) is 3.08. The first-order valence-corrected chi connectivity index (χ1v) is 9.67. The molecule has 1 unspecified atom stereocenters. The number of hydrogen-bond donors (Lipinski definition) is 1. The number of nitrogens with one attached hydrogen (secondary N) is 1. The predicted octanol–water partition coefficient (Wildman–Crippen LogP) is 3.53. The van der Waals surface area contributed by atoms with Gasteiger partial charge in [-0.15, -0.1) is 0 Å². The number of amides is 2. The number of rotatable bonds is 4. The van der Waals surface area contributed by atoms with Crippen LogP contribution in [0.15, 0.2) is 65.9 Å². The lowest BCUT2D eigenvalue weighted by molar-refractivity contribution is -0.121. The predicted molar refractivity (Wildman–Crippen MR) is 111 cm³/mol. The van der Waals surface area contributed by atoms with Crippen molar-refractivity contribution in [3.8, 4) is 5.75 Å². The highest BCUT2D eigenvalue weighted by Gasteiger charge is 2.40. The summed E-state index contributed by atoms with van der Waals surface area (Å²) in [4.78, 5) is 26.7. The molecule has 1 N–H and O–H groups in total. The molecule has 2 amide bonds. The zero-order valence-electron chi connectivity index (χ0n) is 15.9. The van der Waals surface area contributed by atoms with Gasteiger partial charge in [-0.3, -0.25) is 9.69 Å². The van der Waals surface area contributed by atoms with Crippen molar-refractivity contribution < 1.29 is 19.1 Å². The fourth-order valence-corrected chi connectivity index (χ4v) is 4.03. The van der Waals surface area contributed by atoms with E-state index in [1.807, 2.05) is 54.6 Å². The Morgan fingerprint density at radius 3 is 2.59 bits per heavy atom. The van der Waals surface area contributed by atoms with Crippen LogP contribution in [-0.4, -0.2) is 35.5 Å². The van der Waals surface area contributed by atoms with Gasteiger partial charge in [-0.25, -0.2) is 4.79 Å². The molecule has 2 aromatic carbocycles. The van der Waals surface area contributed by atoms with E-state index in [9.17, 15) is 9.59 Å². The first-order chi connectivity index (χ1) is 14.1. The minimum Gasteiger partial charge on any atom is -0.497 e. The molecule has 1 atom stereocenters. The summed E-state index contributed by atoms with van der Waals surface area (Å²) in [5.41, 5.74) is 3.33. The number of carbonyl (C=O) groups is 2. The molecule has 4 rings (SSSR count). The number of benzene rings is 2. The first kappa shape index (κ1) is 19.1. The summed E-state index contributed by atoms with van der Waals surface area (Å²) in [6.45, 7) is 0.373.